The van der Waals surface area contributed by atoms with Crippen LogP contribution in [0.3, 0.4) is 0 Å². The summed E-state index contributed by atoms with van der Waals surface area (Å²) in [4.78, 5) is 27.4. The summed E-state index contributed by atoms with van der Waals surface area (Å²) in [5, 5.41) is 35.1. The maximum Gasteiger partial charge on any atom is 0.327 e. The summed E-state index contributed by atoms with van der Waals surface area (Å²) in [6.45, 7) is 6.32. The Kier molecular flexibility index (Phi) is 21.6. The van der Waals surface area contributed by atoms with Crippen molar-refractivity contribution in [1.29, 1.82) is 0 Å². The monoisotopic (exact) mass is 1350 g/mol. The zero-order valence-corrected chi connectivity index (χ0v) is 54.5. The lowest BCUT2D eigenvalue weighted by Crippen LogP contribution is -2.40. The van der Waals surface area contributed by atoms with Gasteiger partial charge in [0.2, 0.25) is 0 Å². The molecule has 7 heterocycles. The Bertz CT molecular complexity index is 4710. The van der Waals surface area contributed by atoms with E-state index < -0.39 is 0 Å². The topological polar surface area (TPSA) is 254 Å². The summed E-state index contributed by atoms with van der Waals surface area (Å²) in [7, 11) is 4.71. The van der Waals surface area contributed by atoms with Gasteiger partial charge < -0.3 is 72.7 Å². The van der Waals surface area contributed by atoms with E-state index in [4.69, 9.17) is 68.6 Å². The van der Waals surface area contributed by atoms with E-state index in [-0.39, 0.29) is 29.9 Å². The number of rotatable bonds is 14. The second kappa shape index (κ2) is 31.5. The Balaban J connectivity index is 0.000000138. The van der Waals surface area contributed by atoms with Crippen molar-refractivity contribution in [2.75, 3.05) is 81.6 Å². The van der Waals surface area contributed by atoms with Crippen LogP contribution < -0.4 is 68.2 Å². The molecule has 0 saturated heterocycles. The van der Waals surface area contributed by atoms with Crippen LogP contribution in [0, 0.1) is 6.92 Å². The number of anilines is 4. The van der Waals surface area contributed by atoms with Gasteiger partial charge in [0.05, 0.1) is 66.5 Å². The number of carbonyl (C=O) groups excluding carboxylic acids is 1. The number of benzene rings is 8. The molecule has 97 heavy (non-hydrogen) atoms. The van der Waals surface area contributed by atoms with E-state index in [0.29, 0.717) is 130 Å². The van der Waals surface area contributed by atoms with Crippen LogP contribution in [0.5, 0.6) is 80.5 Å². The molecular weight excluding hydrogens is 1280 g/mol. The molecule has 0 aliphatic carbocycles. The zero-order chi connectivity index (χ0) is 66.3. The van der Waals surface area contributed by atoms with E-state index >= 15 is 0 Å². The van der Waals surface area contributed by atoms with Gasteiger partial charge in [-0.05, 0) is 90.8 Å². The SMILES string of the molecule is COc1cc2c(Cl)ccnc2cc1OCc1ccccc1.COc1cc2c(Oc3ccc4c(c3)OCCN4)ccnc2cc1OCc1ccccc1.COc1cc2c(Oc3ccc4c(c3)OCCN4C(=O)Nc3cc(C)on3)ccnc2cc1O.Cl.Oc1ccc2c(c1)OCCN2. The number of pyridine rings is 3. The number of fused-ring (bicyclic) bond motifs is 6. The Morgan fingerprint density at radius 2 is 1.06 bits per heavy atom. The molecule has 496 valence electrons. The summed E-state index contributed by atoms with van der Waals surface area (Å²) < 4.78 is 62.1. The fourth-order valence-corrected chi connectivity index (χ4v) is 10.6. The normalized spacial score (nSPS) is 12.2. The summed E-state index contributed by atoms with van der Waals surface area (Å²) in [5.74, 6) is 8.52. The van der Waals surface area contributed by atoms with Crippen molar-refractivity contribution in [3.05, 3.63) is 216 Å². The number of carbonyl (C=O) groups is 1. The third-order valence-corrected chi connectivity index (χ3v) is 15.4. The minimum absolute atomic E-state index is 0. The highest BCUT2D eigenvalue weighted by Crippen LogP contribution is 2.43. The number of ether oxygens (including phenoxy) is 10. The van der Waals surface area contributed by atoms with Gasteiger partial charge in [0.15, 0.2) is 40.3 Å². The average molecular weight is 1350 g/mol. The molecule has 22 nitrogen and oxygen atoms in total. The lowest BCUT2D eigenvalue weighted by atomic mass is 10.1. The highest BCUT2D eigenvalue weighted by atomic mass is 35.5. The van der Waals surface area contributed by atoms with Crippen molar-refractivity contribution in [3.63, 3.8) is 0 Å². The Morgan fingerprint density at radius 3 is 1.65 bits per heavy atom. The number of hydrogen-bond donors (Lipinski definition) is 5. The lowest BCUT2D eigenvalue weighted by Gasteiger charge is -2.29. The molecule has 8 aromatic carbocycles. The molecule has 24 heteroatoms. The molecule has 3 aliphatic heterocycles. The number of aromatic nitrogens is 4. The molecule has 15 rings (SSSR count). The molecule has 0 radical (unpaired) electrons. The Morgan fingerprint density at radius 1 is 0.546 bits per heavy atom. The van der Waals surface area contributed by atoms with E-state index in [1.807, 2.05) is 115 Å². The number of aromatic hydroxyl groups is 2. The Hall–Kier alpha value is -11.8. The molecule has 0 atom stereocenters. The van der Waals surface area contributed by atoms with E-state index in [1.165, 1.54) is 13.2 Å². The van der Waals surface area contributed by atoms with Crippen molar-refractivity contribution in [2.24, 2.45) is 0 Å². The summed E-state index contributed by atoms with van der Waals surface area (Å²) >= 11 is 6.17. The lowest BCUT2D eigenvalue weighted by molar-refractivity contribution is 0.249. The van der Waals surface area contributed by atoms with Crippen LogP contribution in [-0.4, -0.2) is 97.1 Å². The fraction of sp³-hybridized carbons (Fsp3) is 0.164. The highest BCUT2D eigenvalue weighted by molar-refractivity contribution is 6.35. The van der Waals surface area contributed by atoms with Crippen molar-refractivity contribution in [2.45, 2.75) is 20.1 Å². The number of methoxy groups -OCH3 is 3. The molecule has 5 N–H and O–H groups in total. The third-order valence-electron chi connectivity index (χ3n) is 15.1. The third kappa shape index (κ3) is 16.4. The molecule has 0 saturated carbocycles. The maximum absolute atomic E-state index is 12.8. The van der Waals surface area contributed by atoms with Crippen molar-refractivity contribution in [3.8, 4) is 80.5 Å². The van der Waals surface area contributed by atoms with E-state index in [1.54, 1.807) is 99.2 Å². The maximum atomic E-state index is 12.8. The number of aryl methyl sites for hydroxylation is 1. The van der Waals surface area contributed by atoms with Crippen molar-refractivity contribution in [1.82, 2.24) is 20.1 Å². The molecule has 4 aromatic heterocycles. The molecule has 0 unspecified atom stereocenters. The molecule has 0 spiro atoms. The first-order valence-corrected chi connectivity index (χ1v) is 30.8. The van der Waals surface area contributed by atoms with Crippen LogP contribution >= 0.6 is 24.0 Å². The molecule has 3 aliphatic rings. The standard InChI is InChI=1S/C25H22N2O4.C23H20N4O6.C17H14ClNO2.C8H9NO2.ClH/c1-28-24-14-19-21(15-25(24)30-16-17-5-3-2-4-6-17)26-10-9-22(19)31-18-7-8-20-23(13-18)29-12-11-27-20;1-13-9-22(26-33-13)25-23(29)27-7-8-31-20-10-14(3-4-17(20)27)32-19-5-6-24-16-12-18(28)21(30-2)11-15(16)19;1-20-16-9-13-14(18)7-8-19-15(13)10-17(16)21-11-12-5-3-2-4-6-12;10-6-1-2-7-8(5-6)11-4-3-9-7;/h2-10,13-15,27H,11-12,16H2,1H3;3-6,9-12,28H,7-8H2,1-2H3,(H,25,26,29);2-10H,11H2,1H3;1-2,5,9-10H,3-4H2;1H. The summed E-state index contributed by atoms with van der Waals surface area (Å²) in [6, 6.07) is 53.3. The van der Waals surface area contributed by atoms with Gasteiger partial charge in [-0.3, -0.25) is 25.2 Å². The predicted molar refractivity (Wildman–Crippen MR) is 373 cm³/mol. The number of phenols is 2. The smallest absolute Gasteiger partial charge is 0.327 e. The van der Waals surface area contributed by atoms with Crippen LogP contribution in [0.2, 0.25) is 5.02 Å². The van der Waals surface area contributed by atoms with Gasteiger partial charge >= 0.3 is 6.03 Å². The van der Waals surface area contributed by atoms with Crippen LogP contribution in [0.15, 0.2) is 199 Å². The van der Waals surface area contributed by atoms with Crippen LogP contribution in [-0.2, 0) is 13.2 Å². The number of nitrogens with one attached hydrogen (secondary N) is 3. The zero-order valence-electron chi connectivity index (χ0n) is 52.9. The average Bonchev–Trinajstić information content (AvgIpc) is 0.867. The summed E-state index contributed by atoms with van der Waals surface area (Å²) in [5.41, 5.74) is 6.82. The van der Waals surface area contributed by atoms with Crippen LogP contribution in [0.4, 0.5) is 27.7 Å². The van der Waals surface area contributed by atoms with Gasteiger partial charge in [0, 0.05) is 90.3 Å². The van der Waals surface area contributed by atoms with Gasteiger partial charge in [-0.2, -0.15) is 0 Å². The quantitative estimate of drug-likeness (QED) is 0.0634. The number of amides is 2. The van der Waals surface area contributed by atoms with Gasteiger partial charge in [-0.15, -0.1) is 12.4 Å². The van der Waals surface area contributed by atoms with Gasteiger partial charge in [-0.25, -0.2) is 4.79 Å². The van der Waals surface area contributed by atoms with E-state index in [2.05, 4.69) is 36.1 Å². The largest absolute Gasteiger partial charge is 0.508 e. The van der Waals surface area contributed by atoms with E-state index in [0.717, 1.165) is 68.9 Å². The highest BCUT2D eigenvalue weighted by Gasteiger charge is 2.26. The molecule has 2 amide bonds. The minimum atomic E-state index is -0.339. The molecule has 0 bridgehead atoms. The van der Waals surface area contributed by atoms with Crippen LogP contribution in [0.1, 0.15) is 16.9 Å². The number of hydrogen-bond acceptors (Lipinski definition) is 20. The van der Waals surface area contributed by atoms with Crippen molar-refractivity contribution < 1.29 is 66.9 Å². The first-order chi connectivity index (χ1) is 46.9. The summed E-state index contributed by atoms with van der Waals surface area (Å²) in [6.07, 6.45) is 5.00. The second-order valence-electron chi connectivity index (χ2n) is 21.5. The first-order valence-electron chi connectivity index (χ1n) is 30.4. The van der Waals surface area contributed by atoms with E-state index in [9.17, 15) is 9.90 Å². The second-order valence-corrected chi connectivity index (χ2v) is 21.9. The number of urea groups is 1. The number of nitrogens with zero attached hydrogens (tertiary/aromatic N) is 5. The Labute approximate surface area is 568 Å². The fourth-order valence-electron chi connectivity index (χ4n) is 10.4. The molecular formula is C73H66Cl2N8O14. The molecule has 12 aromatic rings. The number of halogens is 2. The van der Waals surface area contributed by atoms with Gasteiger partial charge in [0.25, 0.3) is 0 Å². The van der Waals surface area contributed by atoms with Gasteiger partial charge in [0.1, 0.15) is 84.8 Å². The number of phenolic OH excluding ortho intramolecular Hbond substituents is 2. The van der Waals surface area contributed by atoms with Crippen molar-refractivity contribution >= 4 is 85.6 Å². The van der Waals surface area contributed by atoms with Gasteiger partial charge in [-0.1, -0.05) is 77.4 Å². The predicted octanol–water partition coefficient (Wildman–Crippen LogP) is 16.0. The minimum Gasteiger partial charge on any atom is -0.508 e. The first kappa shape index (κ1) is 66.7. The molecule has 0 fully saturated rings. The van der Waals surface area contributed by atoms with Crippen LogP contribution in [0.25, 0.3) is 32.7 Å².